The molecule has 136 valence electrons. The quantitative estimate of drug-likeness (QED) is 0.608. The minimum Gasteiger partial charge on any atom is -0.324 e. The molecule has 0 unspecified atom stereocenters. The molecule has 8 nitrogen and oxygen atoms in total. The summed E-state index contributed by atoms with van der Waals surface area (Å²) < 4.78 is 26.3. The summed E-state index contributed by atoms with van der Waals surface area (Å²) in [7, 11) is -3.92. The number of hydrogen-bond donors (Lipinski definition) is 1. The van der Waals surface area contributed by atoms with Gasteiger partial charge in [-0.25, -0.2) is 13.2 Å². The molecule has 0 saturated carbocycles. The smallest absolute Gasteiger partial charge is 0.324 e. The van der Waals surface area contributed by atoms with Crippen LogP contribution >= 0.6 is 0 Å². The van der Waals surface area contributed by atoms with E-state index < -0.39 is 27.8 Å². The Morgan fingerprint density at radius 3 is 2.30 bits per heavy atom. The van der Waals surface area contributed by atoms with E-state index in [2.05, 4.69) is 10.6 Å². The van der Waals surface area contributed by atoms with Crippen molar-refractivity contribution in [1.82, 2.24) is 9.79 Å². The summed E-state index contributed by atoms with van der Waals surface area (Å²) in [4.78, 5) is 41.5. The Morgan fingerprint density at radius 2 is 1.70 bits per heavy atom. The average molecular weight is 384 g/mol. The van der Waals surface area contributed by atoms with Gasteiger partial charge in [-0.15, -0.1) is 6.42 Å². The lowest BCUT2D eigenvalue weighted by atomic mass is 10.1. The van der Waals surface area contributed by atoms with Gasteiger partial charge in [0.25, 0.3) is 11.8 Å². The molecule has 0 aliphatic carbocycles. The summed E-state index contributed by atoms with van der Waals surface area (Å²) in [5.41, 5.74) is 0.0744. The van der Waals surface area contributed by atoms with Crippen LogP contribution in [0.4, 0.5) is 0 Å². The van der Waals surface area contributed by atoms with Gasteiger partial charge in [-0.3, -0.25) is 9.59 Å². The molecule has 0 atom stereocenters. The number of nitrogens with zero attached hydrogens (tertiary/aromatic N) is 1. The molecule has 0 bridgehead atoms. The summed E-state index contributed by atoms with van der Waals surface area (Å²) in [5, 5.41) is 0.352. The van der Waals surface area contributed by atoms with Gasteiger partial charge in [0.1, 0.15) is 0 Å². The Bertz CT molecular complexity index is 1070. The number of nitrogens with one attached hydrogen (secondary N) is 1. The van der Waals surface area contributed by atoms with Crippen LogP contribution in [0.25, 0.3) is 0 Å². The van der Waals surface area contributed by atoms with Gasteiger partial charge in [0.05, 0.1) is 28.1 Å². The molecule has 1 aliphatic rings. The molecule has 0 radical (unpaired) electrons. The largest absolute Gasteiger partial charge is 0.363 e. The molecule has 2 amide bonds. The van der Waals surface area contributed by atoms with Crippen LogP contribution in [-0.4, -0.2) is 37.8 Å². The molecule has 27 heavy (non-hydrogen) atoms. The predicted octanol–water partition coefficient (Wildman–Crippen LogP) is 0.966. The number of sulfonamides is 1. The van der Waals surface area contributed by atoms with Crippen LogP contribution < -0.4 is 4.72 Å². The van der Waals surface area contributed by atoms with E-state index in [0.29, 0.717) is 5.06 Å². The first-order valence-electron chi connectivity index (χ1n) is 7.58. The highest BCUT2D eigenvalue weighted by molar-refractivity contribution is 7.89. The number of benzene rings is 2. The van der Waals surface area contributed by atoms with E-state index in [0.717, 1.165) is 6.07 Å². The van der Waals surface area contributed by atoms with E-state index in [1.54, 1.807) is 12.1 Å². The molecular weight excluding hydrogens is 372 g/mol. The van der Waals surface area contributed by atoms with Gasteiger partial charge < -0.3 is 4.84 Å². The Hall–Kier alpha value is -3.48. The second-order valence-electron chi connectivity index (χ2n) is 5.39. The standard InChI is InChI=1S/C18H12N2O6S/c1-2-10-19-27(24,25)13-7-5-6-12(11-13)18(23)26-20-16(21)14-8-3-4-9-15(14)17(20)22/h1,3-9,11,19H,10H2. The SMILES string of the molecule is C#CCNS(=O)(=O)c1cccc(C(=O)ON2C(=O)c3ccccc3C2=O)c1. The molecule has 0 spiro atoms. The molecule has 1 heterocycles. The number of rotatable bonds is 5. The summed E-state index contributed by atoms with van der Waals surface area (Å²) in [6.07, 6.45) is 5.03. The molecule has 0 fully saturated rings. The highest BCUT2D eigenvalue weighted by atomic mass is 32.2. The van der Waals surface area contributed by atoms with Gasteiger partial charge in [-0.1, -0.05) is 29.2 Å². The van der Waals surface area contributed by atoms with Crippen LogP contribution in [0.3, 0.4) is 0 Å². The minimum absolute atomic E-state index is 0.116. The number of carbonyl (C=O) groups is 3. The first-order valence-corrected chi connectivity index (χ1v) is 9.07. The van der Waals surface area contributed by atoms with Crippen LogP contribution in [-0.2, 0) is 14.9 Å². The van der Waals surface area contributed by atoms with Crippen LogP contribution in [0.5, 0.6) is 0 Å². The van der Waals surface area contributed by atoms with Crippen molar-refractivity contribution in [2.45, 2.75) is 4.90 Å². The minimum atomic E-state index is -3.92. The van der Waals surface area contributed by atoms with Crippen LogP contribution in [0.2, 0.25) is 0 Å². The monoisotopic (exact) mass is 384 g/mol. The lowest BCUT2D eigenvalue weighted by Gasteiger charge is -2.13. The second kappa shape index (κ2) is 7.03. The lowest BCUT2D eigenvalue weighted by molar-refractivity contribution is -0.0584. The van der Waals surface area contributed by atoms with E-state index >= 15 is 0 Å². The molecule has 1 aliphatic heterocycles. The topological polar surface area (TPSA) is 110 Å². The zero-order chi connectivity index (χ0) is 19.6. The van der Waals surface area contributed by atoms with Gasteiger partial charge in [-0.2, -0.15) is 4.72 Å². The normalized spacial score (nSPS) is 13.2. The van der Waals surface area contributed by atoms with E-state index in [1.165, 1.54) is 30.3 Å². The van der Waals surface area contributed by atoms with Gasteiger partial charge in [-0.05, 0) is 30.3 Å². The molecule has 1 N–H and O–H groups in total. The highest BCUT2D eigenvalue weighted by Crippen LogP contribution is 2.23. The first-order chi connectivity index (χ1) is 12.8. The van der Waals surface area contributed by atoms with Crippen molar-refractivity contribution in [2.24, 2.45) is 0 Å². The Kier molecular flexibility index (Phi) is 4.77. The zero-order valence-electron chi connectivity index (χ0n) is 13.7. The van der Waals surface area contributed by atoms with Gasteiger partial charge in [0, 0.05) is 0 Å². The van der Waals surface area contributed by atoms with Gasteiger partial charge in [0.2, 0.25) is 10.0 Å². The fourth-order valence-corrected chi connectivity index (χ4v) is 3.38. The number of amides is 2. The molecule has 0 saturated heterocycles. The van der Waals surface area contributed by atoms with Gasteiger partial charge >= 0.3 is 5.97 Å². The Balaban J connectivity index is 1.82. The van der Waals surface area contributed by atoms with E-state index in [-0.39, 0.29) is 28.1 Å². The summed E-state index contributed by atoms with van der Waals surface area (Å²) in [5.74, 6) is -0.472. The highest BCUT2D eigenvalue weighted by Gasteiger charge is 2.38. The third-order valence-electron chi connectivity index (χ3n) is 3.68. The molecule has 2 aromatic rings. The van der Waals surface area contributed by atoms with Crippen molar-refractivity contribution in [1.29, 1.82) is 0 Å². The molecule has 9 heteroatoms. The maximum absolute atomic E-state index is 12.3. The number of carbonyl (C=O) groups excluding carboxylic acids is 3. The zero-order valence-corrected chi connectivity index (χ0v) is 14.5. The number of hydrogen-bond acceptors (Lipinski definition) is 6. The predicted molar refractivity (Wildman–Crippen MR) is 92.8 cm³/mol. The average Bonchev–Trinajstić information content (AvgIpc) is 2.92. The summed E-state index contributed by atoms with van der Waals surface area (Å²) in [6.45, 7) is -0.216. The molecular formula is C18H12N2O6S. The van der Waals surface area contributed by atoms with Gasteiger partial charge in [0.15, 0.2) is 0 Å². The lowest BCUT2D eigenvalue weighted by Crippen LogP contribution is -2.32. The number of fused-ring (bicyclic) bond motifs is 1. The van der Waals surface area contributed by atoms with Crippen molar-refractivity contribution in [2.75, 3.05) is 6.54 Å². The van der Waals surface area contributed by atoms with Crippen molar-refractivity contribution < 1.29 is 27.6 Å². The first kappa shape index (κ1) is 18.3. The summed E-state index contributed by atoms with van der Waals surface area (Å²) >= 11 is 0. The van der Waals surface area contributed by atoms with Crippen LogP contribution in [0.1, 0.15) is 31.1 Å². The molecule has 3 rings (SSSR count). The second-order valence-corrected chi connectivity index (χ2v) is 7.15. The van der Waals surface area contributed by atoms with Crippen molar-refractivity contribution in [3.8, 4) is 12.3 Å². The summed E-state index contributed by atoms with van der Waals surface area (Å²) in [6, 6.07) is 11.0. The maximum atomic E-state index is 12.3. The van der Waals surface area contributed by atoms with E-state index in [9.17, 15) is 22.8 Å². The number of terminal acetylenes is 1. The maximum Gasteiger partial charge on any atom is 0.363 e. The van der Waals surface area contributed by atoms with E-state index in [1.807, 2.05) is 0 Å². The third kappa shape index (κ3) is 3.44. The van der Waals surface area contributed by atoms with E-state index in [4.69, 9.17) is 11.3 Å². The molecule has 2 aromatic carbocycles. The number of imide groups is 1. The fourth-order valence-electron chi connectivity index (χ4n) is 2.40. The number of hydroxylamine groups is 2. The van der Waals surface area contributed by atoms with Crippen molar-refractivity contribution in [3.05, 3.63) is 65.2 Å². The van der Waals surface area contributed by atoms with Crippen LogP contribution in [0.15, 0.2) is 53.4 Å². The Labute approximate surface area is 154 Å². The van der Waals surface area contributed by atoms with Crippen LogP contribution in [0, 0.1) is 12.3 Å². The third-order valence-corrected chi connectivity index (χ3v) is 5.07. The molecule has 0 aromatic heterocycles. The van der Waals surface area contributed by atoms with Crippen molar-refractivity contribution in [3.63, 3.8) is 0 Å². The van der Waals surface area contributed by atoms with Crippen molar-refractivity contribution >= 4 is 27.8 Å². The Morgan fingerprint density at radius 1 is 1.07 bits per heavy atom. The fraction of sp³-hybridized carbons (Fsp3) is 0.0556.